The van der Waals surface area contributed by atoms with Gasteiger partial charge in [0.15, 0.2) is 0 Å². The lowest BCUT2D eigenvalue weighted by atomic mass is 9.77. The number of benzene rings is 7. The standard InChI is InChI=1S/C56H53N/c1-56(2)51-22-12-11-20-47(51)49-32-33-53(54(55(49)56)48-21-10-9-19-45(48)39-16-7-4-8-17-39)57(44-29-26-40(27-30-44)50-35-37-24-25-43(50)34-37)52-23-13-18-42-36-41(28-31-46(42)52)38-14-5-3-6-15-38/h4,7-13,16-23,26-33,36-38,43,50H,3,5-6,14-15,24-25,34-35H2,1-2H3. The second kappa shape index (κ2) is 13.9. The Hall–Kier alpha value is -5.40. The van der Waals surface area contributed by atoms with Crippen molar-refractivity contribution in [2.45, 2.75) is 88.9 Å². The van der Waals surface area contributed by atoms with Gasteiger partial charge in [0.1, 0.15) is 0 Å². The summed E-state index contributed by atoms with van der Waals surface area (Å²) in [5, 5.41) is 2.64. The third-order valence-corrected chi connectivity index (χ3v) is 14.7. The van der Waals surface area contributed by atoms with Crippen molar-refractivity contribution in [1.82, 2.24) is 0 Å². The second-order valence-corrected chi connectivity index (χ2v) is 18.3. The molecule has 1 nitrogen and oxygen atoms in total. The predicted octanol–water partition coefficient (Wildman–Crippen LogP) is 15.9. The molecule has 0 heterocycles. The van der Waals surface area contributed by atoms with Crippen LogP contribution in [0.3, 0.4) is 0 Å². The monoisotopic (exact) mass is 739 g/mol. The van der Waals surface area contributed by atoms with Crippen LogP contribution in [0.5, 0.6) is 0 Å². The number of nitrogens with zero attached hydrogens (tertiary/aromatic N) is 1. The van der Waals surface area contributed by atoms with Crippen LogP contribution in [-0.2, 0) is 5.41 Å². The molecule has 7 aromatic rings. The van der Waals surface area contributed by atoms with Crippen molar-refractivity contribution >= 4 is 27.8 Å². The van der Waals surface area contributed by atoms with Gasteiger partial charge >= 0.3 is 0 Å². The van der Waals surface area contributed by atoms with Gasteiger partial charge in [0, 0.05) is 22.1 Å². The molecule has 57 heavy (non-hydrogen) atoms. The maximum absolute atomic E-state index is 2.61. The summed E-state index contributed by atoms with van der Waals surface area (Å²) in [6, 6.07) is 58.3. The van der Waals surface area contributed by atoms with E-state index in [9.17, 15) is 0 Å². The van der Waals surface area contributed by atoms with Crippen molar-refractivity contribution in [2.24, 2.45) is 11.8 Å². The Kier molecular flexibility index (Phi) is 8.50. The molecule has 0 radical (unpaired) electrons. The molecule has 282 valence electrons. The molecule has 0 saturated heterocycles. The largest absolute Gasteiger partial charge is 0.309 e. The number of anilines is 3. The topological polar surface area (TPSA) is 3.24 Å². The number of hydrogen-bond acceptors (Lipinski definition) is 1. The van der Waals surface area contributed by atoms with Crippen LogP contribution >= 0.6 is 0 Å². The van der Waals surface area contributed by atoms with E-state index < -0.39 is 0 Å². The summed E-state index contributed by atoms with van der Waals surface area (Å²) in [5.41, 5.74) is 17.1. The highest BCUT2D eigenvalue weighted by Crippen LogP contribution is 2.58. The van der Waals surface area contributed by atoms with Crippen molar-refractivity contribution in [3.8, 4) is 33.4 Å². The molecular formula is C56H53N. The predicted molar refractivity (Wildman–Crippen MR) is 241 cm³/mol. The average molecular weight is 740 g/mol. The summed E-state index contributed by atoms with van der Waals surface area (Å²) >= 11 is 0. The zero-order valence-corrected chi connectivity index (χ0v) is 33.6. The lowest BCUT2D eigenvalue weighted by molar-refractivity contribution is 0.420. The summed E-state index contributed by atoms with van der Waals surface area (Å²) in [5.74, 6) is 3.16. The van der Waals surface area contributed by atoms with Crippen molar-refractivity contribution in [3.63, 3.8) is 0 Å². The maximum atomic E-state index is 2.61. The van der Waals surface area contributed by atoms with Gasteiger partial charge in [-0.1, -0.05) is 167 Å². The summed E-state index contributed by atoms with van der Waals surface area (Å²) < 4.78 is 0. The molecule has 2 bridgehead atoms. The van der Waals surface area contributed by atoms with E-state index in [0.717, 1.165) is 11.8 Å². The lowest BCUT2D eigenvalue weighted by Crippen LogP contribution is -2.19. The van der Waals surface area contributed by atoms with Crippen LogP contribution in [0.4, 0.5) is 17.1 Å². The fourth-order valence-electron chi connectivity index (χ4n) is 12.0. The summed E-state index contributed by atoms with van der Waals surface area (Å²) in [4.78, 5) is 2.61. The molecule has 0 spiro atoms. The van der Waals surface area contributed by atoms with Crippen LogP contribution in [-0.4, -0.2) is 0 Å². The van der Waals surface area contributed by atoms with Crippen LogP contribution in [0.2, 0.25) is 0 Å². The van der Waals surface area contributed by atoms with E-state index in [1.165, 1.54) is 141 Å². The molecule has 4 aliphatic rings. The fourth-order valence-corrected chi connectivity index (χ4v) is 12.0. The van der Waals surface area contributed by atoms with Crippen molar-refractivity contribution in [2.75, 3.05) is 4.90 Å². The molecule has 0 N–H and O–H groups in total. The van der Waals surface area contributed by atoms with Crippen LogP contribution in [0, 0.1) is 11.8 Å². The zero-order valence-electron chi connectivity index (χ0n) is 33.6. The van der Waals surface area contributed by atoms with Gasteiger partial charge in [-0.05, 0) is 135 Å². The Balaban J connectivity index is 1.17. The molecule has 0 amide bonds. The maximum Gasteiger partial charge on any atom is 0.0544 e. The average Bonchev–Trinajstić information content (AvgIpc) is 3.97. The molecule has 1 heteroatoms. The zero-order chi connectivity index (χ0) is 38.1. The van der Waals surface area contributed by atoms with Crippen LogP contribution < -0.4 is 4.90 Å². The Labute approximate surface area is 339 Å². The minimum absolute atomic E-state index is 0.202. The normalized spacial score (nSPS) is 20.8. The van der Waals surface area contributed by atoms with E-state index >= 15 is 0 Å². The molecule has 7 aromatic carbocycles. The molecule has 11 rings (SSSR count). The second-order valence-electron chi connectivity index (χ2n) is 18.3. The number of rotatable bonds is 7. The van der Waals surface area contributed by atoms with E-state index in [-0.39, 0.29) is 5.41 Å². The first-order valence-electron chi connectivity index (χ1n) is 21.9. The summed E-state index contributed by atoms with van der Waals surface area (Å²) in [6.45, 7) is 4.88. The van der Waals surface area contributed by atoms with Gasteiger partial charge in [-0.25, -0.2) is 0 Å². The van der Waals surface area contributed by atoms with E-state index in [1.54, 1.807) is 0 Å². The highest BCUT2D eigenvalue weighted by atomic mass is 15.1. The van der Waals surface area contributed by atoms with Gasteiger partial charge in [0.05, 0.1) is 11.4 Å². The van der Waals surface area contributed by atoms with Gasteiger partial charge < -0.3 is 4.90 Å². The van der Waals surface area contributed by atoms with Crippen LogP contribution in [0.1, 0.15) is 106 Å². The molecule has 0 aliphatic heterocycles. The Morgan fingerprint density at radius 2 is 1.26 bits per heavy atom. The number of hydrogen-bond donors (Lipinski definition) is 0. The smallest absolute Gasteiger partial charge is 0.0544 e. The quantitative estimate of drug-likeness (QED) is 0.157. The van der Waals surface area contributed by atoms with Gasteiger partial charge in [-0.3, -0.25) is 0 Å². The van der Waals surface area contributed by atoms with Crippen molar-refractivity contribution in [1.29, 1.82) is 0 Å². The Morgan fingerprint density at radius 3 is 2.04 bits per heavy atom. The SMILES string of the molecule is CC1(C)c2ccccc2-c2ccc(N(c3ccc(C4CC5CCC4C5)cc3)c3cccc4cc(C5CCCCC5)ccc34)c(-c3ccccc3-c3ccccc3)c21. The Bertz CT molecular complexity index is 2610. The molecule has 0 aromatic heterocycles. The summed E-state index contributed by atoms with van der Waals surface area (Å²) in [6.07, 6.45) is 12.3. The molecule has 3 saturated carbocycles. The van der Waals surface area contributed by atoms with Gasteiger partial charge in [-0.2, -0.15) is 0 Å². The lowest BCUT2D eigenvalue weighted by Gasteiger charge is -2.33. The first-order chi connectivity index (χ1) is 28.0. The van der Waals surface area contributed by atoms with Gasteiger partial charge in [-0.15, -0.1) is 0 Å². The van der Waals surface area contributed by atoms with E-state index in [0.29, 0.717) is 11.8 Å². The highest BCUT2D eigenvalue weighted by Gasteiger charge is 2.41. The molecule has 4 aliphatic carbocycles. The van der Waals surface area contributed by atoms with E-state index in [4.69, 9.17) is 0 Å². The Morgan fingerprint density at radius 1 is 0.526 bits per heavy atom. The van der Waals surface area contributed by atoms with Crippen LogP contribution in [0.15, 0.2) is 152 Å². The van der Waals surface area contributed by atoms with Crippen LogP contribution in [0.25, 0.3) is 44.2 Å². The molecule has 3 fully saturated rings. The number of fused-ring (bicyclic) bond motifs is 6. The van der Waals surface area contributed by atoms with Crippen molar-refractivity contribution < 1.29 is 0 Å². The highest BCUT2D eigenvalue weighted by molar-refractivity contribution is 6.05. The third kappa shape index (κ3) is 5.80. The fraction of sp³-hybridized carbons (Fsp3) is 0.286. The molecular weight excluding hydrogens is 687 g/mol. The summed E-state index contributed by atoms with van der Waals surface area (Å²) in [7, 11) is 0. The van der Waals surface area contributed by atoms with Gasteiger partial charge in [0.2, 0.25) is 0 Å². The van der Waals surface area contributed by atoms with E-state index in [1.807, 2.05) is 0 Å². The molecule has 3 atom stereocenters. The first-order valence-corrected chi connectivity index (χ1v) is 21.9. The first kappa shape index (κ1) is 34.8. The van der Waals surface area contributed by atoms with E-state index in [2.05, 4.69) is 170 Å². The minimum Gasteiger partial charge on any atom is -0.309 e. The molecule has 3 unspecified atom stereocenters. The minimum atomic E-state index is -0.202. The van der Waals surface area contributed by atoms with Gasteiger partial charge in [0.25, 0.3) is 0 Å². The van der Waals surface area contributed by atoms with Crippen molar-refractivity contribution in [3.05, 3.63) is 174 Å². The third-order valence-electron chi connectivity index (χ3n) is 14.7.